The Morgan fingerprint density at radius 3 is 2.21 bits per heavy atom. The Hall–Kier alpha value is -3.47. The van der Waals surface area contributed by atoms with Gasteiger partial charge < -0.3 is 10.2 Å². The van der Waals surface area contributed by atoms with Crippen LogP contribution in [0.25, 0.3) is 0 Å². The fourth-order valence-electron chi connectivity index (χ4n) is 2.98. The van der Waals surface area contributed by atoms with Gasteiger partial charge in [-0.1, -0.05) is 30.3 Å². The summed E-state index contributed by atoms with van der Waals surface area (Å²) in [5.41, 5.74) is 4.06. The number of rotatable bonds is 5. The molecule has 0 unspecified atom stereocenters. The molecule has 3 rings (SSSR count). The third-order valence-electron chi connectivity index (χ3n) is 4.35. The van der Waals surface area contributed by atoms with Gasteiger partial charge in [-0.2, -0.15) is 0 Å². The molecule has 5 nitrogen and oxygen atoms in total. The van der Waals surface area contributed by atoms with Crippen LogP contribution in [-0.2, 0) is 0 Å². The summed E-state index contributed by atoms with van der Waals surface area (Å²) in [6.45, 7) is 6.35. The molecule has 0 saturated heterocycles. The number of benzene rings is 2. The molecule has 2 amide bonds. The number of amides is 2. The van der Waals surface area contributed by atoms with Crippen LogP contribution in [-0.4, -0.2) is 23.3 Å². The number of aromatic nitrogens is 1. The molecule has 0 aliphatic heterocycles. The van der Waals surface area contributed by atoms with Crippen molar-refractivity contribution in [1.82, 2.24) is 4.98 Å². The first-order valence-electron chi connectivity index (χ1n) is 9.21. The van der Waals surface area contributed by atoms with Crippen molar-refractivity contribution in [2.24, 2.45) is 0 Å². The van der Waals surface area contributed by atoms with E-state index in [1.54, 1.807) is 23.1 Å². The van der Waals surface area contributed by atoms with E-state index in [0.29, 0.717) is 12.2 Å². The predicted molar refractivity (Wildman–Crippen MR) is 112 cm³/mol. The average molecular weight is 373 g/mol. The summed E-state index contributed by atoms with van der Waals surface area (Å²) in [7, 11) is 0. The Balaban J connectivity index is 1.83. The minimum atomic E-state index is -0.348. The second-order valence-electron chi connectivity index (χ2n) is 6.62. The standard InChI is InChI=1S/C23H23N3O2/c1-4-26(19-11-6-9-17(3)15-19)23(28)21-13-7-12-20(25-21)22(27)24-18-10-5-8-16(2)14-18/h5-15H,4H2,1-3H3,(H,24,27). The highest BCUT2D eigenvalue weighted by Crippen LogP contribution is 2.18. The molecule has 0 atom stereocenters. The number of hydrogen-bond acceptors (Lipinski definition) is 3. The molecule has 0 aliphatic rings. The van der Waals surface area contributed by atoms with Crippen LogP contribution in [0.1, 0.15) is 39.0 Å². The highest BCUT2D eigenvalue weighted by Gasteiger charge is 2.19. The lowest BCUT2D eigenvalue weighted by atomic mass is 10.2. The maximum atomic E-state index is 13.0. The first kappa shape index (κ1) is 19.3. The van der Waals surface area contributed by atoms with Gasteiger partial charge in [0.2, 0.25) is 0 Å². The van der Waals surface area contributed by atoms with Crippen molar-refractivity contribution in [3.05, 3.63) is 89.2 Å². The first-order valence-corrected chi connectivity index (χ1v) is 9.21. The van der Waals surface area contributed by atoms with Crippen molar-refractivity contribution in [2.75, 3.05) is 16.8 Å². The molecule has 0 radical (unpaired) electrons. The van der Waals surface area contributed by atoms with E-state index in [-0.39, 0.29) is 23.2 Å². The van der Waals surface area contributed by atoms with Crippen molar-refractivity contribution in [3.8, 4) is 0 Å². The highest BCUT2D eigenvalue weighted by molar-refractivity contribution is 6.07. The number of nitrogens with one attached hydrogen (secondary N) is 1. The van der Waals surface area contributed by atoms with Crippen LogP contribution in [0.4, 0.5) is 11.4 Å². The molecule has 1 heterocycles. The van der Waals surface area contributed by atoms with Crippen molar-refractivity contribution < 1.29 is 9.59 Å². The van der Waals surface area contributed by atoms with Crippen LogP contribution in [0.15, 0.2) is 66.7 Å². The van der Waals surface area contributed by atoms with E-state index < -0.39 is 0 Å². The van der Waals surface area contributed by atoms with Gasteiger partial charge in [0.15, 0.2) is 0 Å². The van der Waals surface area contributed by atoms with E-state index >= 15 is 0 Å². The Kier molecular flexibility index (Phi) is 5.84. The highest BCUT2D eigenvalue weighted by atomic mass is 16.2. The monoisotopic (exact) mass is 373 g/mol. The molecule has 2 aromatic carbocycles. The Bertz CT molecular complexity index is 1010. The van der Waals surface area contributed by atoms with Crippen molar-refractivity contribution in [1.29, 1.82) is 0 Å². The summed E-state index contributed by atoms with van der Waals surface area (Å²) in [6.07, 6.45) is 0. The largest absolute Gasteiger partial charge is 0.321 e. The minimum absolute atomic E-state index is 0.202. The van der Waals surface area contributed by atoms with Crippen LogP contribution in [0, 0.1) is 13.8 Å². The second-order valence-corrected chi connectivity index (χ2v) is 6.62. The number of nitrogens with zero attached hydrogens (tertiary/aromatic N) is 2. The summed E-state index contributed by atoms with van der Waals surface area (Å²) in [5.74, 6) is -0.586. The van der Waals surface area contributed by atoms with Crippen LogP contribution in [0.3, 0.4) is 0 Å². The SMILES string of the molecule is CCN(C(=O)c1cccc(C(=O)Nc2cccc(C)c2)n1)c1cccc(C)c1. The van der Waals surface area contributed by atoms with Gasteiger partial charge in [0.1, 0.15) is 11.4 Å². The van der Waals surface area contributed by atoms with Crippen molar-refractivity contribution >= 4 is 23.2 Å². The van der Waals surface area contributed by atoms with Gasteiger partial charge in [-0.3, -0.25) is 9.59 Å². The fourth-order valence-corrected chi connectivity index (χ4v) is 2.98. The van der Waals surface area contributed by atoms with Gasteiger partial charge in [0.25, 0.3) is 11.8 Å². The smallest absolute Gasteiger partial charge is 0.276 e. The number of hydrogen-bond donors (Lipinski definition) is 1. The molecule has 0 aliphatic carbocycles. The molecule has 0 spiro atoms. The van der Waals surface area contributed by atoms with Crippen LogP contribution in [0.2, 0.25) is 0 Å². The molecular formula is C23H23N3O2. The molecule has 0 fully saturated rings. The van der Waals surface area contributed by atoms with Crippen LogP contribution < -0.4 is 10.2 Å². The molecular weight excluding hydrogens is 350 g/mol. The van der Waals surface area contributed by atoms with Crippen LogP contribution in [0.5, 0.6) is 0 Å². The van der Waals surface area contributed by atoms with E-state index in [1.165, 1.54) is 0 Å². The zero-order chi connectivity index (χ0) is 20.1. The average Bonchev–Trinajstić information content (AvgIpc) is 2.68. The summed E-state index contributed by atoms with van der Waals surface area (Å²) >= 11 is 0. The number of carbonyl (C=O) groups excluding carboxylic acids is 2. The number of anilines is 2. The van der Waals surface area contributed by atoms with Gasteiger partial charge in [-0.25, -0.2) is 4.98 Å². The van der Waals surface area contributed by atoms with Gasteiger partial charge in [-0.15, -0.1) is 0 Å². The third-order valence-corrected chi connectivity index (χ3v) is 4.35. The van der Waals surface area contributed by atoms with E-state index in [0.717, 1.165) is 16.8 Å². The zero-order valence-electron chi connectivity index (χ0n) is 16.3. The normalized spacial score (nSPS) is 10.4. The van der Waals surface area contributed by atoms with E-state index in [1.807, 2.05) is 69.3 Å². The second kappa shape index (κ2) is 8.48. The summed E-state index contributed by atoms with van der Waals surface area (Å²) in [5, 5.41) is 2.82. The number of aryl methyl sites for hydroxylation is 2. The molecule has 1 aromatic heterocycles. The summed E-state index contributed by atoms with van der Waals surface area (Å²) in [4.78, 5) is 31.5. The zero-order valence-corrected chi connectivity index (χ0v) is 16.3. The molecule has 0 bridgehead atoms. The summed E-state index contributed by atoms with van der Waals surface area (Å²) < 4.78 is 0. The van der Waals surface area contributed by atoms with E-state index in [9.17, 15) is 9.59 Å². The molecule has 142 valence electrons. The summed E-state index contributed by atoms with van der Waals surface area (Å²) in [6, 6.07) is 20.2. The molecule has 28 heavy (non-hydrogen) atoms. The Morgan fingerprint density at radius 2 is 1.54 bits per heavy atom. The topological polar surface area (TPSA) is 62.3 Å². The van der Waals surface area contributed by atoms with Gasteiger partial charge in [-0.05, 0) is 68.3 Å². The Labute approximate surface area is 165 Å². The lowest BCUT2D eigenvalue weighted by molar-refractivity contribution is 0.0983. The van der Waals surface area contributed by atoms with Gasteiger partial charge >= 0.3 is 0 Å². The first-order chi connectivity index (χ1) is 13.5. The third kappa shape index (κ3) is 4.43. The lowest BCUT2D eigenvalue weighted by Gasteiger charge is -2.21. The molecule has 5 heteroatoms. The molecule has 3 aromatic rings. The maximum absolute atomic E-state index is 13.0. The molecule has 1 N–H and O–H groups in total. The fraction of sp³-hybridized carbons (Fsp3) is 0.174. The van der Waals surface area contributed by atoms with Crippen molar-refractivity contribution in [3.63, 3.8) is 0 Å². The lowest BCUT2D eigenvalue weighted by Crippen LogP contribution is -2.31. The van der Waals surface area contributed by atoms with Crippen LogP contribution >= 0.6 is 0 Å². The Morgan fingerprint density at radius 1 is 0.893 bits per heavy atom. The maximum Gasteiger partial charge on any atom is 0.276 e. The minimum Gasteiger partial charge on any atom is -0.321 e. The number of pyridine rings is 1. The van der Waals surface area contributed by atoms with E-state index in [2.05, 4.69) is 10.3 Å². The van der Waals surface area contributed by atoms with Gasteiger partial charge in [0, 0.05) is 17.9 Å². The van der Waals surface area contributed by atoms with E-state index in [4.69, 9.17) is 0 Å². The van der Waals surface area contributed by atoms with Crippen molar-refractivity contribution in [2.45, 2.75) is 20.8 Å². The predicted octanol–water partition coefficient (Wildman–Crippen LogP) is 4.62. The molecule has 0 saturated carbocycles. The number of carbonyl (C=O) groups is 2. The van der Waals surface area contributed by atoms with Gasteiger partial charge in [0.05, 0.1) is 0 Å². The quantitative estimate of drug-likeness (QED) is 0.710.